The van der Waals surface area contributed by atoms with E-state index in [2.05, 4.69) is 5.32 Å². The predicted molar refractivity (Wildman–Crippen MR) is 79.2 cm³/mol. The average Bonchev–Trinajstić information content (AvgIpc) is 2.46. The molecule has 1 aliphatic carbocycles. The highest BCUT2D eigenvalue weighted by Crippen LogP contribution is 2.26. The van der Waals surface area contributed by atoms with Crippen LogP contribution in [0.15, 0.2) is 29.2 Å². The molecule has 1 fully saturated rings. The zero-order chi connectivity index (χ0) is 13.7. The van der Waals surface area contributed by atoms with Gasteiger partial charge in [-0.2, -0.15) is 0 Å². The number of hydrogen-bond acceptors (Lipinski definition) is 3. The largest absolute Gasteiger partial charge is 0.384 e. The second kappa shape index (κ2) is 6.42. The minimum atomic E-state index is -3.14. The van der Waals surface area contributed by atoms with Crippen LogP contribution in [0.2, 0.25) is 0 Å². The lowest BCUT2D eigenvalue weighted by Gasteiger charge is -2.23. The average molecular weight is 281 g/mol. The molecule has 0 heterocycles. The molecule has 0 aromatic heterocycles. The van der Waals surface area contributed by atoms with E-state index in [0.29, 0.717) is 10.8 Å². The van der Waals surface area contributed by atoms with Gasteiger partial charge in [-0.25, -0.2) is 8.42 Å². The van der Waals surface area contributed by atoms with Crippen LogP contribution in [0.4, 0.5) is 5.69 Å². The third-order valence-corrected chi connectivity index (χ3v) is 5.69. The van der Waals surface area contributed by atoms with Gasteiger partial charge in [-0.05, 0) is 30.9 Å². The van der Waals surface area contributed by atoms with Crippen molar-refractivity contribution in [1.29, 1.82) is 0 Å². The Kier molecular flexibility index (Phi) is 4.86. The minimum Gasteiger partial charge on any atom is -0.384 e. The van der Waals surface area contributed by atoms with Crippen molar-refractivity contribution in [2.45, 2.75) is 43.9 Å². The number of rotatable bonds is 5. The Morgan fingerprint density at radius 3 is 2.53 bits per heavy atom. The summed E-state index contributed by atoms with van der Waals surface area (Å²) in [7, 11) is -3.14. The fourth-order valence-corrected chi connectivity index (χ4v) is 3.76. The summed E-state index contributed by atoms with van der Waals surface area (Å²) in [6.07, 6.45) is 6.48. The van der Waals surface area contributed by atoms with Crippen LogP contribution < -0.4 is 5.32 Å². The first-order valence-corrected chi connectivity index (χ1v) is 8.84. The monoisotopic (exact) mass is 281 g/mol. The van der Waals surface area contributed by atoms with Gasteiger partial charge in [-0.15, -0.1) is 0 Å². The summed E-state index contributed by atoms with van der Waals surface area (Å²) in [5.41, 5.74) is 0.759. The maximum absolute atomic E-state index is 12.0. The van der Waals surface area contributed by atoms with Crippen LogP contribution in [0.5, 0.6) is 0 Å². The fourth-order valence-electron chi connectivity index (χ4n) is 2.68. The van der Waals surface area contributed by atoms with Crippen LogP contribution in [0.25, 0.3) is 0 Å². The van der Waals surface area contributed by atoms with Gasteiger partial charge in [-0.3, -0.25) is 0 Å². The molecule has 1 saturated carbocycles. The number of sulfone groups is 1. The Morgan fingerprint density at radius 1 is 1.16 bits per heavy atom. The van der Waals surface area contributed by atoms with Gasteiger partial charge >= 0.3 is 0 Å². The van der Waals surface area contributed by atoms with E-state index in [9.17, 15) is 8.42 Å². The number of nitrogens with one attached hydrogen (secondary N) is 1. The zero-order valence-electron chi connectivity index (χ0n) is 11.6. The standard InChI is InChI=1S/C15H23NO2S/c1-2-19(17,18)15-11-7-6-10-14(15)16-12-13-8-4-3-5-9-13/h6-7,10-11,13,16H,2-5,8-9,12H2,1H3. The third-order valence-electron chi connectivity index (χ3n) is 3.91. The van der Waals surface area contributed by atoms with E-state index in [1.165, 1.54) is 32.1 Å². The summed E-state index contributed by atoms with van der Waals surface area (Å²) in [5, 5.41) is 3.34. The Hall–Kier alpha value is -1.03. The smallest absolute Gasteiger partial charge is 0.180 e. The van der Waals surface area contributed by atoms with Gasteiger partial charge in [-0.1, -0.05) is 38.3 Å². The van der Waals surface area contributed by atoms with Gasteiger partial charge in [0.15, 0.2) is 9.84 Å². The van der Waals surface area contributed by atoms with Gasteiger partial charge in [0.05, 0.1) is 16.3 Å². The first-order chi connectivity index (χ1) is 9.13. The molecule has 0 spiro atoms. The molecule has 0 atom stereocenters. The number of para-hydroxylation sites is 1. The Morgan fingerprint density at radius 2 is 1.84 bits per heavy atom. The molecule has 4 heteroatoms. The van der Waals surface area contributed by atoms with Crippen molar-refractivity contribution in [1.82, 2.24) is 0 Å². The molecule has 0 amide bonds. The highest BCUT2D eigenvalue weighted by Gasteiger charge is 2.18. The summed E-state index contributed by atoms with van der Waals surface area (Å²) in [6.45, 7) is 2.57. The molecule has 0 aliphatic heterocycles. The summed E-state index contributed by atoms with van der Waals surface area (Å²) >= 11 is 0. The normalized spacial score (nSPS) is 17.3. The van der Waals surface area contributed by atoms with Crippen molar-refractivity contribution in [3.63, 3.8) is 0 Å². The second-order valence-corrected chi connectivity index (χ2v) is 7.53. The van der Waals surface area contributed by atoms with Gasteiger partial charge in [0.1, 0.15) is 0 Å². The van der Waals surface area contributed by atoms with Gasteiger partial charge in [0.25, 0.3) is 0 Å². The number of anilines is 1. The molecule has 0 saturated heterocycles. The Balaban J connectivity index is 2.07. The molecule has 1 aromatic carbocycles. The van der Waals surface area contributed by atoms with E-state index in [-0.39, 0.29) is 5.75 Å². The maximum atomic E-state index is 12.0. The zero-order valence-corrected chi connectivity index (χ0v) is 12.4. The predicted octanol–water partition coefficient (Wildman–Crippen LogP) is 3.47. The quantitative estimate of drug-likeness (QED) is 0.899. The number of hydrogen-bond donors (Lipinski definition) is 1. The molecule has 0 bridgehead atoms. The van der Waals surface area contributed by atoms with E-state index in [4.69, 9.17) is 0 Å². The molecular weight excluding hydrogens is 258 g/mol. The van der Waals surface area contributed by atoms with Gasteiger partial charge in [0.2, 0.25) is 0 Å². The van der Waals surface area contributed by atoms with Crippen molar-refractivity contribution in [3.8, 4) is 0 Å². The minimum absolute atomic E-state index is 0.148. The van der Waals surface area contributed by atoms with Crippen LogP contribution in [0.3, 0.4) is 0 Å². The highest BCUT2D eigenvalue weighted by molar-refractivity contribution is 7.91. The molecular formula is C15H23NO2S. The van der Waals surface area contributed by atoms with E-state index < -0.39 is 9.84 Å². The van der Waals surface area contributed by atoms with Crippen LogP contribution in [-0.2, 0) is 9.84 Å². The third kappa shape index (κ3) is 3.72. The van der Waals surface area contributed by atoms with Crippen LogP contribution in [0, 0.1) is 5.92 Å². The van der Waals surface area contributed by atoms with Crippen molar-refractivity contribution in [3.05, 3.63) is 24.3 Å². The van der Waals surface area contributed by atoms with Crippen LogP contribution in [-0.4, -0.2) is 20.7 Å². The topological polar surface area (TPSA) is 46.2 Å². The maximum Gasteiger partial charge on any atom is 0.180 e. The van der Waals surface area contributed by atoms with E-state index in [1.54, 1.807) is 19.1 Å². The molecule has 0 unspecified atom stereocenters. The van der Waals surface area contributed by atoms with Gasteiger partial charge in [0, 0.05) is 6.54 Å². The summed E-state index contributed by atoms with van der Waals surface area (Å²) < 4.78 is 24.1. The highest BCUT2D eigenvalue weighted by atomic mass is 32.2. The Labute approximate surface area is 116 Å². The SMILES string of the molecule is CCS(=O)(=O)c1ccccc1NCC1CCCCC1. The van der Waals surface area contributed by atoms with E-state index >= 15 is 0 Å². The Bertz CT molecular complexity index is 505. The lowest BCUT2D eigenvalue weighted by Crippen LogP contribution is -2.18. The second-order valence-electron chi connectivity index (χ2n) is 5.28. The van der Waals surface area contributed by atoms with Gasteiger partial charge < -0.3 is 5.32 Å². The molecule has 1 aromatic rings. The first-order valence-electron chi connectivity index (χ1n) is 7.19. The lowest BCUT2D eigenvalue weighted by molar-refractivity contribution is 0.373. The fraction of sp³-hybridized carbons (Fsp3) is 0.600. The van der Waals surface area contributed by atoms with E-state index in [1.807, 2.05) is 12.1 Å². The summed E-state index contributed by atoms with van der Waals surface area (Å²) in [5.74, 6) is 0.834. The van der Waals surface area contributed by atoms with Crippen molar-refractivity contribution in [2.24, 2.45) is 5.92 Å². The van der Waals surface area contributed by atoms with Crippen LogP contribution >= 0.6 is 0 Å². The molecule has 1 aliphatic rings. The lowest BCUT2D eigenvalue weighted by atomic mass is 9.89. The molecule has 3 nitrogen and oxygen atoms in total. The molecule has 1 N–H and O–H groups in total. The van der Waals surface area contributed by atoms with Crippen molar-refractivity contribution < 1.29 is 8.42 Å². The summed E-state index contributed by atoms with van der Waals surface area (Å²) in [4.78, 5) is 0.438. The molecule has 0 radical (unpaired) electrons. The van der Waals surface area contributed by atoms with E-state index in [0.717, 1.165) is 12.2 Å². The van der Waals surface area contributed by atoms with Crippen LogP contribution in [0.1, 0.15) is 39.0 Å². The number of benzene rings is 1. The van der Waals surface area contributed by atoms with Crippen molar-refractivity contribution >= 4 is 15.5 Å². The molecule has 2 rings (SSSR count). The first kappa shape index (κ1) is 14.4. The molecule has 19 heavy (non-hydrogen) atoms. The summed E-state index contributed by atoms with van der Waals surface area (Å²) in [6, 6.07) is 7.24. The molecule has 106 valence electrons. The van der Waals surface area contributed by atoms with Crippen molar-refractivity contribution in [2.75, 3.05) is 17.6 Å².